The van der Waals surface area contributed by atoms with Crippen molar-refractivity contribution in [2.45, 2.75) is 39.2 Å². The molecule has 1 saturated heterocycles. The van der Waals surface area contributed by atoms with E-state index in [0.717, 1.165) is 24.9 Å². The van der Waals surface area contributed by atoms with Gasteiger partial charge in [-0.3, -0.25) is 9.59 Å². The lowest BCUT2D eigenvalue weighted by Gasteiger charge is -2.24. The Morgan fingerprint density at radius 3 is 2.86 bits per heavy atom. The fourth-order valence-electron chi connectivity index (χ4n) is 3.13. The van der Waals surface area contributed by atoms with Gasteiger partial charge in [0.15, 0.2) is 0 Å². The van der Waals surface area contributed by atoms with Crippen LogP contribution in [0.5, 0.6) is 0 Å². The van der Waals surface area contributed by atoms with Crippen LogP contribution in [0.3, 0.4) is 0 Å². The summed E-state index contributed by atoms with van der Waals surface area (Å²) in [4.78, 5) is 25.8. The normalized spacial score (nSPS) is 20.7. The molecule has 118 valence electrons. The number of anilines is 1. The minimum atomic E-state index is -0.248. The molecule has 2 rings (SSSR count). The zero-order valence-corrected chi connectivity index (χ0v) is 13.3. The monoisotopic (exact) mass is 300 g/mol. The highest BCUT2D eigenvalue weighted by atomic mass is 16.2. The van der Waals surface area contributed by atoms with Gasteiger partial charge in [0.2, 0.25) is 11.8 Å². The molecule has 1 aromatic carbocycles. The number of nitrogens with one attached hydrogen (secondary N) is 1. The zero-order chi connectivity index (χ0) is 16.1. The fourth-order valence-corrected chi connectivity index (χ4v) is 3.13. The molecule has 4 heteroatoms. The Labute approximate surface area is 132 Å². The van der Waals surface area contributed by atoms with Crippen molar-refractivity contribution in [3.63, 3.8) is 0 Å². The van der Waals surface area contributed by atoms with Crippen LogP contribution in [0.2, 0.25) is 0 Å². The van der Waals surface area contributed by atoms with E-state index >= 15 is 0 Å². The molecule has 1 aromatic rings. The number of hydrogen-bond acceptors (Lipinski definition) is 2. The number of benzene rings is 1. The van der Waals surface area contributed by atoms with Crippen LogP contribution in [0.25, 0.3) is 0 Å². The summed E-state index contributed by atoms with van der Waals surface area (Å²) in [6, 6.07) is 7.74. The van der Waals surface area contributed by atoms with Gasteiger partial charge in [-0.2, -0.15) is 0 Å². The maximum atomic E-state index is 12.5. The summed E-state index contributed by atoms with van der Waals surface area (Å²) in [5.74, 6) is 0.528. The molecule has 0 aliphatic carbocycles. The predicted molar refractivity (Wildman–Crippen MR) is 88.5 cm³/mol. The van der Waals surface area contributed by atoms with E-state index in [2.05, 4.69) is 25.7 Å². The first-order valence-electron chi connectivity index (χ1n) is 7.87. The Balaban J connectivity index is 2.01. The van der Waals surface area contributed by atoms with Gasteiger partial charge in [0.05, 0.1) is 6.42 Å². The quantitative estimate of drug-likeness (QED) is 0.850. The van der Waals surface area contributed by atoms with Crippen LogP contribution in [0.4, 0.5) is 5.69 Å². The maximum absolute atomic E-state index is 12.5. The second-order valence-electron chi connectivity index (χ2n) is 5.86. The van der Waals surface area contributed by atoms with E-state index in [0.29, 0.717) is 24.1 Å². The third-order valence-electron chi connectivity index (χ3n) is 4.49. The van der Waals surface area contributed by atoms with E-state index in [9.17, 15) is 9.59 Å². The van der Waals surface area contributed by atoms with Gasteiger partial charge < -0.3 is 10.2 Å². The van der Waals surface area contributed by atoms with Gasteiger partial charge in [0.1, 0.15) is 0 Å². The van der Waals surface area contributed by atoms with Crippen LogP contribution in [0, 0.1) is 5.92 Å². The summed E-state index contributed by atoms with van der Waals surface area (Å²) in [6.45, 7) is 8.60. The van der Waals surface area contributed by atoms with E-state index < -0.39 is 0 Å². The van der Waals surface area contributed by atoms with E-state index in [1.54, 1.807) is 6.07 Å². The van der Waals surface area contributed by atoms with Crippen LogP contribution >= 0.6 is 0 Å². The lowest BCUT2D eigenvalue weighted by atomic mass is 9.99. The van der Waals surface area contributed by atoms with E-state index in [4.69, 9.17) is 0 Å². The van der Waals surface area contributed by atoms with Gasteiger partial charge in [-0.25, -0.2) is 0 Å². The van der Waals surface area contributed by atoms with Crippen LogP contribution < -0.4 is 5.32 Å². The van der Waals surface area contributed by atoms with Crippen molar-refractivity contribution >= 4 is 17.5 Å². The molecular weight excluding hydrogens is 276 g/mol. The summed E-state index contributed by atoms with van der Waals surface area (Å²) < 4.78 is 0. The number of nitrogens with zero attached hydrogens (tertiary/aromatic N) is 1. The molecule has 0 radical (unpaired) electrons. The van der Waals surface area contributed by atoms with Crippen molar-refractivity contribution in [2.75, 3.05) is 11.9 Å². The molecule has 1 N–H and O–H groups in total. The molecule has 0 saturated carbocycles. The average molecular weight is 300 g/mol. The second-order valence-corrected chi connectivity index (χ2v) is 5.86. The predicted octanol–water partition coefficient (Wildman–Crippen LogP) is 3.00. The maximum Gasteiger partial charge on any atom is 0.247 e. The van der Waals surface area contributed by atoms with E-state index in [1.165, 1.54) is 6.08 Å². The lowest BCUT2D eigenvalue weighted by Crippen LogP contribution is -2.36. The molecule has 2 unspecified atom stereocenters. The topological polar surface area (TPSA) is 49.4 Å². The molecule has 4 nitrogen and oxygen atoms in total. The fraction of sp³-hybridized carbons (Fsp3) is 0.444. The average Bonchev–Trinajstić information content (AvgIpc) is 2.88. The van der Waals surface area contributed by atoms with Gasteiger partial charge >= 0.3 is 0 Å². The summed E-state index contributed by atoms with van der Waals surface area (Å²) in [7, 11) is 0. The highest BCUT2D eigenvalue weighted by molar-refractivity contribution is 5.98. The molecule has 2 atom stereocenters. The minimum Gasteiger partial charge on any atom is -0.339 e. The van der Waals surface area contributed by atoms with Gasteiger partial charge in [-0.1, -0.05) is 32.1 Å². The number of hydrogen-bond donors (Lipinski definition) is 1. The molecule has 22 heavy (non-hydrogen) atoms. The molecule has 0 aromatic heterocycles. The minimum absolute atomic E-state index is 0.163. The van der Waals surface area contributed by atoms with Gasteiger partial charge in [0.25, 0.3) is 0 Å². The smallest absolute Gasteiger partial charge is 0.247 e. The number of likely N-dealkylation sites (tertiary alicyclic amines) is 1. The Morgan fingerprint density at radius 1 is 1.45 bits per heavy atom. The highest BCUT2D eigenvalue weighted by Crippen LogP contribution is 2.27. The first-order valence-corrected chi connectivity index (χ1v) is 7.87. The van der Waals surface area contributed by atoms with Gasteiger partial charge in [-0.15, -0.1) is 0 Å². The molecule has 1 aliphatic heterocycles. The first-order chi connectivity index (χ1) is 10.5. The van der Waals surface area contributed by atoms with Crippen molar-refractivity contribution < 1.29 is 9.59 Å². The van der Waals surface area contributed by atoms with Crippen molar-refractivity contribution in [1.29, 1.82) is 0 Å². The third kappa shape index (κ3) is 3.75. The molecule has 2 amide bonds. The van der Waals surface area contributed by atoms with Crippen LogP contribution in [0.15, 0.2) is 36.9 Å². The Bertz CT molecular complexity index is 568. The zero-order valence-electron chi connectivity index (χ0n) is 13.3. The van der Waals surface area contributed by atoms with Crippen LogP contribution in [0.1, 0.15) is 32.3 Å². The van der Waals surface area contributed by atoms with Crippen LogP contribution in [-0.4, -0.2) is 29.3 Å². The Hall–Kier alpha value is -2.10. The first kappa shape index (κ1) is 16.3. The number of carbonyl (C=O) groups is 2. The summed E-state index contributed by atoms with van der Waals surface area (Å²) in [5, 5.41) is 2.72. The standard InChI is InChI=1S/C18H24N2O2/c1-4-15-9-10-20(13(15)3)18(22)12-14-7-6-8-16(11-14)19-17(21)5-2/h5-8,11,13,15H,2,4,9-10,12H2,1,3H3,(H,19,21). The lowest BCUT2D eigenvalue weighted by molar-refractivity contribution is -0.131. The highest BCUT2D eigenvalue weighted by Gasteiger charge is 2.32. The molecule has 1 fully saturated rings. The summed E-state index contributed by atoms with van der Waals surface area (Å²) >= 11 is 0. The van der Waals surface area contributed by atoms with E-state index in [-0.39, 0.29) is 11.8 Å². The summed E-state index contributed by atoms with van der Waals surface area (Å²) in [5.41, 5.74) is 1.61. The summed E-state index contributed by atoms with van der Waals surface area (Å²) in [6.07, 6.45) is 3.82. The van der Waals surface area contributed by atoms with E-state index in [1.807, 2.05) is 23.1 Å². The number of carbonyl (C=O) groups excluding carboxylic acids is 2. The molecule has 0 spiro atoms. The third-order valence-corrected chi connectivity index (χ3v) is 4.49. The van der Waals surface area contributed by atoms with Crippen molar-refractivity contribution in [2.24, 2.45) is 5.92 Å². The Morgan fingerprint density at radius 2 is 2.23 bits per heavy atom. The van der Waals surface area contributed by atoms with Crippen molar-refractivity contribution in [1.82, 2.24) is 4.90 Å². The molecule has 1 heterocycles. The molecular formula is C18H24N2O2. The Kier molecular flexibility index (Phi) is 5.36. The van der Waals surface area contributed by atoms with Gasteiger partial charge in [0, 0.05) is 18.3 Å². The largest absolute Gasteiger partial charge is 0.339 e. The van der Waals surface area contributed by atoms with Crippen LogP contribution in [-0.2, 0) is 16.0 Å². The SMILES string of the molecule is C=CC(=O)Nc1cccc(CC(=O)N2CCC(CC)C2C)c1. The second kappa shape index (κ2) is 7.25. The molecule has 1 aliphatic rings. The number of rotatable bonds is 5. The molecule has 0 bridgehead atoms. The number of amides is 2. The van der Waals surface area contributed by atoms with Crippen molar-refractivity contribution in [3.8, 4) is 0 Å². The van der Waals surface area contributed by atoms with Gasteiger partial charge in [-0.05, 0) is 43.0 Å². The van der Waals surface area contributed by atoms with Crippen molar-refractivity contribution in [3.05, 3.63) is 42.5 Å².